The van der Waals surface area contributed by atoms with Crippen molar-refractivity contribution in [1.29, 1.82) is 0 Å². The molecule has 88 valence electrons. The van der Waals surface area contributed by atoms with Crippen LogP contribution in [0.25, 0.3) is 0 Å². The van der Waals surface area contributed by atoms with Crippen LogP contribution < -0.4 is 5.73 Å². The van der Waals surface area contributed by atoms with Gasteiger partial charge in [-0.1, -0.05) is 0 Å². The van der Waals surface area contributed by atoms with E-state index in [0.717, 1.165) is 19.4 Å². The minimum atomic E-state index is 0.330. The number of imidazole rings is 1. The fourth-order valence-electron chi connectivity index (χ4n) is 2.68. The molecule has 0 radical (unpaired) electrons. The lowest BCUT2D eigenvalue weighted by Crippen LogP contribution is -2.31. The number of aryl methyl sites for hydroxylation is 1. The van der Waals surface area contributed by atoms with Crippen LogP contribution >= 0.6 is 11.8 Å². The summed E-state index contributed by atoms with van der Waals surface area (Å²) in [6, 6.07) is 0.330. The average Bonchev–Trinajstić information content (AvgIpc) is 2.73. The zero-order chi connectivity index (χ0) is 11.0. The first kappa shape index (κ1) is 10.7. The third-order valence-electron chi connectivity index (χ3n) is 3.69. The fourth-order valence-corrected chi connectivity index (χ4v) is 3.79. The van der Waals surface area contributed by atoms with Crippen LogP contribution in [-0.2, 0) is 13.0 Å². The zero-order valence-corrected chi connectivity index (χ0v) is 10.4. The summed E-state index contributed by atoms with van der Waals surface area (Å²) < 4.78 is 2.28. The van der Waals surface area contributed by atoms with Crippen LogP contribution in [-0.4, -0.2) is 27.1 Å². The van der Waals surface area contributed by atoms with Gasteiger partial charge >= 0.3 is 0 Å². The molecule has 1 aromatic rings. The molecule has 0 bridgehead atoms. The lowest BCUT2D eigenvalue weighted by Gasteiger charge is -2.19. The first-order valence-electron chi connectivity index (χ1n) is 6.22. The van der Waals surface area contributed by atoms with E-state index in [2.05, 4.69) is 22.5 Å². The molecule has 2 aliphatic rings. The predicted octanol–water partition coefficient (Wildman–Crippen LogP) is 1.77. The molecule has 3 heterocycles. The first-order valence-corrected chi connectivity index (χ1v) is 7.37. The molecule has 3 rings (SSSR count). The summed E-state index contributed by atoms with van der Waals surface area (Å²) >= 11 is 2.07. The van der Waals surface area contributed by atoms with Crippen molar-refractivity contribution in [3.63, 3.8) is 0 Å². The Morgan fingerprint density at radius 1 is 1.31 bits per heavy atom. The molecule has 2 N–H and O–H groups in total. The Kier molecular flexibility index (Phi) is 2.94. The SMILES string of the molecule is NC1CCc2nc(C3CCSCC3)cn2C1. The second-order valence-corrected chi connectivity index (χ2v) is 6.14. The quantitative estimate of drug-likeness (QED) is 0.809. The minimum absolute atomic E-state index is 0.330. The van der Waals surface area contributed by atoms with Crippen molar-refractivity contribution >= 4 is 11.8 Å². The van der Waals surface area contributed by atoms with E-state index in [1.807, 2.05) is 0 Å². The van der Waals surface area contributed by atoms with Gasteiger partial charge in [-0.2, -0.15) is 11.8 Å². The van der Waals surface area contributed by atoms with Gasteiger partial charge in [-0.25, -0.2) is 4.98 Å². The van der Waals surface area contributed by atoms with Gasteiger partial charge in [0.05, 0.1) is 5.69 Å². The largest absolute Gasteiger partial charge is 0.333 e. The number of aromatic nitrogens is 2. The molecular formula is C12H19N3S. The Bertz CT molecular complexity index is 368. The summed E-state index contributed by atoms with van der Waals surface area (Å²) in [5, 5.41) is 0. The summed E-state index contributed by atoms with van der Waals surface area (Å²) in [7, 11) is 0. The Labute approximate surface area is 101 Å². The highest BCUT2D eigenvalue weighted by atomic mass is 32.2. The Balaban J connectivity index is 1.80. The van der Waals surface area contributed by atoms with Crippen molar-refractivity contribution in [2.75, 3.05) is 11.5 Å². The predicted molar refractivity (Wildman–Crippen MR) is 67.8 cm³/mol. The molecule has 0 saturated carbocycles. The summed E-state index contributed by atoms with van der Waals surface area (Å²) in [6.07, 6.45) is 7.01. The van der Waals surface area contributed by atoms with E-state index in [1.54, 1.807) is 0 Å². The van der Waals surface area contributed by atoms with Crippen molar-refractivity contribution in [2.45, 2.75) is 44.2 Å². The minimum Gasteiger partial charge on any atom is -0.333 e. The first-order chi connectivity index (χ1) is 7.83. The zero-order valence-electron chi connectivity index (χ0n) is 9.56. The highest BCUT2D eigenvalue weighted by molar-refractivity contribution is 7.99. The lowest BCUT2D eigenvalue weighted by atomic mass is 10.00. The highest BCUT2D eigenvalue weighted by Gasteiger charge is 2.22. The Hall–Kier alpha value is -0.480. The molecule has 16 heavy (non-hydrogen) atoms. The summed E-state index contributed by atoms with van der Waals surface area (Å²) in [5.41, 5.74) is 7.31. The van der Waals surface area contributed by atoms with Gasteiger partial charge in [0.25, 0.3) is 0 Å². The van der Waals surface area contributed by atoms with Gasteiger partial charge in [0.1, 0.15) is 5.82 Å². The van der Waals surface area contributed by atoms with Crippen LogP contribution in [0.15, 0.2) is 6.20 Å². The second-order valence-electron chi connectivity index (χ2n) is 4.92. The van der Waals surface area contributed by atoms with E-state index >= 15 is 0 Å². The van der Waals surface area contributed by atoms with Crippen molar-refractivity contribution < 1.29 is 0 Å². The van der Waals surface area contributed by atoms with Gasteiger partial charge in [0.2, 0.25) is 0 Å². The number of nitrogens with zero attached hydrogens (tertiary/aromatic N) is 2. The summed E-state index contributed by atoms with van der Waals surface area (Å²) in [5.74, 6) is 4.56. The maximum Gasteiger partial charge on any atom is 0.109 e. The molecule has 1 unspecified atom stereocenters. The molecule has 0 amide bonds. The maximum absolute atomic E-state index is 5.99. The van der Waals surface area contributed by atoms with E-state index in [0.29, 0.717) is 12.0 Å². The fraction of sp³-hybridized carbons (Fsp3) is 0.750. The number of hydrogen-bond acceptors (Lipinski definition) is 3. The molecule has 1 aromatic heterocycles. The van der Waals surface area contributed by atoms with E-state index < -0.39 is 0 Å². The number of thioether (sulfide) groups is 1. The van der Waals surface area contributed by atoms with Crippen LogP contribution in [0.1, 0.15) is 36.7 Å². The third-order valence-corrected chi connectivity index (χ3v) is 4.74. The average molecular weight is 237 g/mol. The summed E-state index contributed by atoms with van der Waals surface area (Å²) in [4.78, 5) is 4.81. The van der Waals surface area contributed by atoms with E-state index in [-0.39, 0.29) is 0 Å². The Morgan fingerprint density at radius 3 is 2.94 bits per heavy atom. The standard InChI is InChI=1S/C12H19N3S/c13-10-1-2-12-14-11(8-15(12)7-10)9-3-5-16-6-4-9/h8-10H,1-7,13H2. The van der Waals surface area contributed by atoms with Gasteiger partial charge in [-0.3, -0.25) is 0 Å². The monoisotopic (exact) mass is 237 g/mol. The van der Waals surface area contributed by atoms with Crippen molar-refractivity contribution in [1.82, 2.24) is 9.55 Å². The molecule has 1 saturated heterocycles. The van der Waals surface area contributed by atoms with Crippen LogP contribution in [0.4, 0.5) is 0 Å². The molecule has 1 fully saturated rings. The molecule has 2 aliphatic heterocycles. The normalized spacial score (nSPS) is 26.7. The number of hydrogen-bond donors (Lipinski definition) is 1. The molecule has 1 atom stereocenters. The van der Waals surface area contributed by atoms with Crippen LogP contribution in [0.5, 0.6) is 0 Å². The Morgan fingerprint density at radius 2 is 2.12 bits per heavy atom. The topological polar surface area (TPSA) is 43.8 Å². The van der Waals surface area contributed by atoms with E-state index in [9.17, 15) is 0 Å². The van der Waals surface area contributed by atoms with Crippen LogP contribution in [0, 0.1) is 0 Å². The highest BCUT2D eigenvalue weighted by Crippen LogP contribution is 2.31. The number of fused-ring (bicyclic) bond motifs is 1. The number of nitrogens with two attached hydrogens (primary N) is 1. The van der Waals surface area contributed by atoms with Crippen LogP contribution in [0.3, 0.4) is 0 Å². The van der Waals surface area contributed by atoms with Gasteiger partial charge in [-0.05, 0) is 30.8 Å². The van der Waals surface area contributed by atoms with Gasteiger partial charge in [0, 0.05) is 31.1 Å². The third kappa shape index (κ3) is 2.00. The molecule has 0 aliphatic carbocycles. The summed E-state index contributed by atoms with van der Waals surface area (Å²) in [6.45, 7) is 0.962. The van der Waals surface area contributed by atoms with Crippen molar-refractivity contribution in [3.05, 3.63) is 17.7 Å². The molecule has 4 heteroatoms. The molecule has 3 nitrogen and oxygen atoms in total. The van der Waals surface area contributed by atoms with Crippen LogP contribution in [0.2, 0.25) is 0 Å². The van der Waals surface area contributed by atoms with Gasteiger partial charge < -0.3 is 10.3 Å². The van der Waals surface area contributed by atoms with E-state index in [1.165, 1.54) is 35.9 Å². The number of rotatable bonds is 1. The van der Waals surface area contributed by atoms with Crippen molar-refractivity contribution in [2.24, 2.45) is 5.73 Å². The second kappa shape index (κ2) is 4.41. The lowest BCUT2D eigenvalue weighted by molar-refractivity contribution is 0.453. The molecule has 0 aromatic carbocycles. The van der Waals surface area contributed by atoms with E-state index in [4.69, 9.17) is 10.7 Å². The maximum atomic E-state index is 5.99. The smallest absolute Gasteiger partial charge is 0.109 e. The molecule has 0 spiro atoms. The van der Waals surface area contributed by atoms with Crippen molar-refractivity contribution in [3.8, 4) is 0 Å². The van der Waals surface area contributed by atoms with Gasteiger partial charge in [0.15, 0.2) is 0 Å². The molecular weight excluding hydrogens is 218 g/mol. The van der Waals surface area contributed by atoms with Gasteiger partial charge in [-0.15, -0.1) is 0 Å².